The number of aliphatic hydroxyl groups is 1. The molecule has 3 aromatic rings. The number of aromatic nitrogens is 2. The van der Waals surface area contributed by atoms with Gasteiger partial charge in [0.15, 0.2) is 4.96 Å². The number of benzene rings is 1. The largest absolute Gasteiger partial charge is 0.388 e. The number of halogens is 2. The first kappa shape index (κ1) is 13.2. The minimum Gasteiger partial charge on any atom is -0.388 e. The van der Waals surface area contributed by atoms with E-state index in [-0.39, 0.29) is 12.0 Å². The lowest BCUT2D eigenvalue weighted by Gasteiger charge is -2.13. The predicted octanol–water partition coefficient (Wildman–Crippen LogP) is 3.26. The lowest BCUT2D eigenvalue weighted by Crippen LogP contribution is -2.08. The molecule has 20 heavy (non-hydrogen) atoms. The lowest BCUT2D eigenvalue weighted by atomic mass is 10.0. The Bertz CT molecular complexity index is 737. The summed E-state index contributed by atoms with van der Waals surface area (Å²) < 4.78 is 29.5. The summed E-state index contributed by atoms with van der Waals surface area (Å²) in [7, 11) is 0. The molecule has 104 valence electrons. The van der Waals surface area contributed by atoms with E-state index in [0.717, 1.165) is 4.96 Å². The van der Waals surface area contributed by atoms with Crippen molar-refractivity contribution < 1.29 is 13.9 Å². The van der Waals surface area contributed by atoms with Gasteiger partial charge in [0.05, 0.1) is 17.4 Å². The molecule has 0 saturated heterocycles. The van der Waals surface area contributed by atoms with Crippen molar-refractivity contribution in [3.05, 3.63) is 58.4 Å². The van der Waals surface area contributed by atoms with Crippen LogP contribution < -0.4 is 0 Å². The number of imidazole rings is 1. The quantitative estimate of drug-likeness (QED) is 0.805. The van der Waals surface area contributed by atoms with E-state index < -0.39 is 17.7 Å². The second-order valence-corrected chi connectivity index (χ2v) is 5.51. The molecule has 1 atom stereocenters. The average Bonchev–Trinajstić information content (AvgIpc) is 2.95. The second-order valence-electron chi connectivity index (χ2n) is 4.64. The van der Waals surface area contributed by atoms with Gasteiger partial charge < -0.3 is 5.11 Å². The fraction of sp³-hybridized carbons (Fsp3) is 0.214. The van der Waals surface area contributed by atoms with Crippen LogP contribution in [0.5, 0.6) is 0 Å². The average molecular weight is 294 g/mol. The van der Waals surface area contributed by atoms with Crippen molar-refractivity contribution in [3.8, 4) is 0 Å². The molecule has 6 heteroatoms. The summed E-state index contributed by atoms with van der Waals surface area (Å²) in [4.78, 5) is 5.09. The zero-order chi connectivity index (χ0) is 14.3. The summed E-state index contributed by atoms with van der Waals surface area (Å²) in [5.41, 5.74) is 0.622. The Balaban J connectivity index is 1.91. The molecule has 0 aliphatic carbocycles. The Kier molecular flexibility index (Phi) is 3.27. The maximum atomic E-state index is 13.9. The maximum absolute atomic E-state index is 13.9. The van der Waals surface area contributed by atoms with Crippen molar-refractivity contribution in [1.82, 2.24) is 9.38 Å². The van der Waals surface area contributed by atoms with Crippen molar-refractivity contribution in [2.24, 2.45) is 0 Å². The number of thiazole rings is 1. The fourth-order valence-corrected chi connectivity index (χ4v) is 2.88. The number of hydrogen-bond donors (Lipinski definition) is 1. The summed E-state index contributed by atoms with van der Waals surface area (Å²) in [5.74, 6) is -1.43. The van der Waals surface area contributed by atoms with E-state index in [1.165, 1.54) is 30.4 Å². The molecule has 0 radical (unpaired) electrons. The highest BCUT2D eigenvalue weighted by molar-refractivity contribution is 7.15. The molecule has 0 spiro atoms. The van der Waals surface area contributed by atoms with Crippen LogP contribution in [-0.2, 0) is 6.42 Å². The van der Waals surface area contributed by atoms with Crippen LogP contribution in [-0.4, -0.2) is 14.5 Å². The summed E-state index contributed by atoms with van der Waals surface area (Å²) in [6.07, 6.45) is 2.42. The molecule has 0 bridgehead atoms. The van der Waals surface area contributed by atoms with Gasteiger partial charge in [0.25, 0.3) is 0 Å². The second kappa shape index (κ2) is 4.96. The van der Waals surface area contributed by atoms with E-state index in [9.17, 15) is 13.9 Å². The number of nitrogens with zero attached hydrogens (tertiary/aromatic N) is 2. The summed E-state index contributed by atoms with van der Waals surface area (Å²) in [6, 6.07) is 2.52. The van der Waals surface area contributed by atoms with Gasteiger partial charge in [-0.1, -0.05) is 6.07 Å². The van der Waals surface area contributed by atoms with Gasteiger partial charge in [-0.2, -0.15) is 0 Å². The van der Waals surface area contributed by atoms with E-state index in [1.54, 1.807) is 6.20 Å². The van der Waals surface area contributed by atoms with Gasteiger partial charge in [-0.25, -0.2) is 13.8 Å². The van der Waals surface area contributed by atoms with Gasteiger partial charge in [0.2, 0.25) is 0 Å². The zero-order valence-electron chi connectivity index (χ0n) is 10.7. The number of hydrogen-bond acceptors (Lipinski definition) is 3. The van der Waals surface area contributed by atoms with Crippen LogP contribution in [0, 0.1) is 18.6 Å². The topological polar surface area (TPSA) is 37.5 Å². The number of aliphatic hydroxyl groups excluding tert-OH is 1. The third-order valence-corrected chi connectivity index (χ3v) is 3.97. The number of fused-ring (bicyclic) bond motifs is 1. The molecular weight excluding hydrogens is 282 g/mol. The minimum atomic E-state index is -1.25. The Labute approximate surface area is 118 Å². The van der Waals surface area contributed by atoms with Crippen LogP contribution in [0.3, 0.4) is 0 Å². The van der Waals surface area contributed by atoms with Gasteiger partial charge in [-0.15, -0.1) is 11.3 Å². The predicted molar refractivity (Wildman–Crippen MR) is 72.8 cm³/mol. The first-order valence-corrected chi connectivity index (χ1v) is 6.98. The summed E-state index contributed by atoms with van der Waals surface area (Å²) in [6.45, 7) is 1.54. The van der Waals surface area contributed by atoms with Crippen molar-refractivity contribution in [2.45, 2.75) is 19.4 Å². The van der Waals surface area contributed by atoms with E-state index in [2.05, 4.69) is 4.98 Å². The molecule has 0 fully saturated rings. The fourth-order valence-electron chi connectivity index (χ4n) is 2.16. The summed E-state index contributed by atoms with van der Waals surface area (Å²) >= 11 is 1.46. The van der Waals surface area contributed by atoms with Gasteiger partial charge in [-0.05, 0) is 18.6 Å². The molecule has 3 rings (SSSR count). The molecular formula is C14H12F2N2OS. The third kappa shape index (κ3) is 2.21. The number of aryl methyl sites for hydroxylation is 1. The van der Waals surface area contributed by atoms with E-state index in [0.29, 0.717) is 11.3 Å². The highest BCUT2D eigenvalue weighted by atomic mass is 32.1. The van der Waals surface area contributed by atoms with Crippen LogP contribution in [0.4, 0.5) is 8.78 Å². The van der Waals surface area contributed by atoms with Crippen molar-refractivity contribution >= 4 is 16.3 Å². The molecule has 1 N–H and O–H groups in total. The first-order valence-electron chi connectivity index (χ1n) is 6.10. The molecule has 0 aliphatic heterocycles. The monoisotopic (exact) mass is 294 g/mol. The Hall–Kier alpha value is -1.79. The zero-order valence-corrected chi connectivity index (χ0v) is 11.5. The van der Waals surface area contributed by atoms with Crippen molar-refractivity contribution in [2.75, 3.05) is 0 Å². The lowest BCUT2D eigenvalue weighted by molar-refractivity contribution is 0.167. The van der Waals surface area contributed by atoms with E-state index in [1.807, 2.05) is 16.0 Å². The van der Waals surface area contributed by atoms with E-state index >= 15 is 0 Å². The Morgan fingerprint density at radius 1 is 1.40 bits per heavy atom. The molecule has 1 unspecified atom stereocenters. The minimum absolute atomic E-state index is 0.0751. The van der Waals surface area contributed by atoms with Gasteiger partial charge in [0.1, 0.15) is 11.6 Å². The van der Waals surface area contributed by atoms with Crippen LogP contribution >= 0.6 is 11.3 Å². The normalized spacial score (nSPS) is 13.0. The van der Waals surface area contributed by atoms with Crippen LogP contribution in [0.15, 0.2) is 29.9 Å². The van der Waals surface area contributed by atoms with E-state index in [4.69, 9.17) is 0 Å². The van der Waals surface area contributed by atoms with Gasteiger partial charge in [0, 0.05) is 24.2 Å². The first-order chi connectivity index (χ1) is 9.56. The van der Waals surface area contributed by atoms with Gasteiger partial charge in [-0.3, -0.25) is 4.40 Å². The molecule has 3 nitrogen and oxygen atoms in total. The smallest absolute Gasteiger partial charge is 0.193 e. The standard InChI is InChI=1S/C14H12F2N2OS/c1-8-2-3-10(15)12(13(8)16)11(19)6-9-7-18-4-5-20-14(18)17-9/h2-5,7,11,19H,6H2,1H3. The highest BCUT2D eigenvalue weighted by Crippen LogP contribution is 2.26. The summed E-state index contributed by atoms with van der Waals surface area (Å²) in [5, 5.41) is 12.0. The SMILES string of the molecule is Cc1ccc(F)c(C(O)Cc2cn3ccsc3n2)c1F. The Morgan fingerprint density at radius 3 is 2.95 bits per heavy atom. The Morgan fingerprint density at radius 2 is 2.20 bits per heavy atom. The van der Waals surface area contributed by atoms with Crippen LogP contribution in [0.25, 0.3) is 4.96 Å². The van der Waals surface area contributed by atoms with Crippen LogP contribution in [0.1, 0.15) is 22.9 Å². The van der Waals surface area contributed by atoms with Crippen molar-refractivity contribution in [1.29, 1.82) is 0 Å². The molecule has 1 aromatic carbocycles. The number of rotatable bonds is 3. The molecule has 0 amide bonds. The van der Waals surface area contributed by atoms with Crippen molar-refractivity contribution in [3.63, 3.8) is 0 Å². The molecule has 2 aromatic heterocycles. The van der Waals surface area contributed by atoms with Crippen LogP contribution in [0.2, 0.25) is 0 Å². The highest BCUT2D eigenvalue weighted by Gasteiger charge is 2.21. The van der Waals surface area contributed by atoms with Gasteiger partial charge >= 0.3 is 0 Å². The molecule has 2 heterocycles. The molecule has 0 aliphatic rings. The third-order valence-electron chi connectivity index (χ3n) is 3.20. The molecule has 0 saturated carbocycles. The maximum Gasteiger partial charge on any atom is 0.193 e.